The van der Waals surface area contributed by atoms with E-state index in [1.807, 2.05) is 6.08 Å². The van der Waals surface area contributed by atoms with Crippen LogP contribution in [0, 0.1) is 22.7 Å². The molecule has 20 heavy (non-hydrogen) atoms. The standard InChI is InChI=1S/C18H28O2/c1-17(2)12-6-5-8-14(17)10-11-15-16(20-19)9-7-13-18(15,3)4/h5-7,9-11,14-16,19H,8,12-13H2,1-4H3/b11-10+. The second-order valence-electron chi connectivity index (χ2n) is 7.61. The Kier molecular flexibility index (Phi) is 4.55. The third kappa shape index (κ3) is 3.24. The Hall–Kier alpha value is -0.860. The van der Waals surface area contributed by atoms with Gasteiger partial charge in [0.2, 0.25) is 0 Å². The first-order valence-corrected chi connectivity index (χ1v) is 7.67. The fourth-order valence-electron chi connectivity index (χ4n) is 3.37. The van der Waals surface area contributed by atoms with Crippen LogP contribution in [0.15, 0.2) is 36.5 Å². The second kappa shape index (κ2) is 5.87. The molecule has 0 aromatic rings. The molecule has 112 valence electrons. The summed E-state index contributed by atoms with van der Waals surface area (Å²) in [5, 5.41) is 9.14. The third-order valence-electron chi connectivity index (χ3n) is 5.10. The maximum absolute atomic E-state index is 9.14. The molecule has 0 aromatic heterocycles. The van der Waals surface area contributed by atoms with Gasteiger partial charge in [0.15, 0.2) is 0 Å². The van der Waals surface area contributed by atoms with Crippen molar-refractivity contribution in [3.05, 3.63) is 36.5 Å². The van der Waals surface area contributed by atoms with Crippen LogP contribution in [0.1, 0.15) is 47.0 Å². The van der Waals surface area contributed by atoms with Crippen molar-refractivity contribution in [3.63, 3.8) is 0 Å². The van der Waals surface area contributed by atoms with E-state index in [1.165, 1.54) is 0 Å². The van der Waals surface area contributed by atoms with Crippen LogP contribution >= 0.6 is 0 Å². The van der Waals surface area contributed by atoms with Gasteiger partial charge in [-0.05, 0) is 36.0 Å². The summed E-state index contributed by atoms with van der Waals surface area (Å²) in [4.78, 5) is 4.68. The van der Waals surface area contributed by atoms with Crippen LogP contribution < -0.4 is 0 Å². The zero-order valence-electron chi connectivity index (χ0n) is 13.2. The highest BCUT2D eigenvalue weighted by molar-refractivity contribution is 5.14. The number of rotatable bonds is 3. The van der Waals surface area contributed by atoms with Gasteiger partial charge >= 0.3 is 0 Å². The molecule has 0 aliphatic heterocycles. The molecular weight excluding hydrogens is 248 g/mol. The molecule has 0 radical (unpaired) electrons. The molecule has 0 spiro atoms. The average Bonchev–Trinajstić information content (AvgIpc) is 2.37. The first-order chi connectivity index (χ1) is 9.37. The highest BCUT2D eigenvalue weighted by Crippen LogP contribution is 2.42. The first-order valence-electron chi connectivity index (χ1n) is 7.67. The van der Waals surface area contributed by atoms with Crippen LogP contribution in [-0.2, 0) is 4.89 Å². The molecule has 0 saturated carbocycles. The maximum atomic E-state index is 9.14. The zero-order valence-corrected chi connectivity index (χ0v) is 13.2. The molecule has 0 bridgehead atoms. The Morgan fingerprint density at radius 3 is 2.35 bits per heavy atom. The van der Waals surface area contributed by atoms with E-state index in [0.29, 0.717) is 11.3 Å². The summed E-state index contributed by atoms with van der Waals surface area (Å²) in [6, 6.07) is 0. The van der Waals surface area contributed by atoms with Gasteiger partial charge < -0.3 is 0 Å². The summed E-state index contributed by atoms with van der Waals surface area (Å²) in [7, 11) is 0. The quantitative estimate of drug-likeness (QED) is 0.447. The van der Waals surface area contributed by atoms with E-state index in [4.69, 9.17) is 5.26 Å². The molecular formula is C18H28O2. The molecule has 2 aliphatic carbocycles. The summed E-state index contributed by atoms with van der Waals surface area (Å²) < 4.78 is 0. The van der Waals surface area contributed by atoms with Crippen LogP contribution in [0.4, 0.5) is 0 Å². The van der Waals surface area contributed by atoms with Crippen molar-refractivity contribution in [1.82, 2.24) is 0 Å². The summed E-state index contributed by atoms with van der Waals surface area (Å²) in [6.07, 6.45) is 16.3. The predicted molar refractivity (Wildman–Crippen MR) is 83.3 cm³/mol. The van der Waals surface area contributed by atoms with Gasteiger partial charge in [0.25, 0.3) is 0 Å². The van der Waals surface area contributed by atoms with Crippen molar-refractivity contribution >= 4 is 0 Å². The monoisotopic (exact) mass is 276 g/mol. The largest absolute Gasteiger partial charge is 0.251 e. The molecule has 1 N–H and O–H groups in total. The molecule has 2 heteroatoms. The van der Waals surface area contributed by atoms with E-state index < -0.39 is 0 Å². The molecule has 3 unspecified atom stereocenters. The van der Waals surface area contributed by atoms with Crippen molar-refractivity contribution < 1.29 is 10.1 Å². The number of hydrogen-bond acceptors (Lipinski definition) is 2. The Morgan fingerprint density at radius 2 is 1.70 bits per heavy atom. The zero-order chi connectivity index (χ0) is 14.8. The van der Waals surface area contributed by atoms with Crippen molar-refractivity contribution in [3.8, 4) is 0 Å². The average molecular weight is 276 g/mol. The molecule has 0 fully saturated rings. The minimum absolute atomic E-state index is 0.118. The third-order valence-corrected chi connectivity index (χ3v) is 5.10. The van der Waals surface area contributed by atoms with Crippen LogP contribution in [0.3, 0.4) is 0 Å². The summed E-state index contributed by atoms with van der Waals surface area (Å²) >= 11 is 0. The normalized spacial score (nSPS) is 35.5. The molecule has 3 atom stereocenters. The van der Waals surface area contributed by atoms with E-state index in [9.17, 15) is 0 Å². The van der Waals surface area contributed by atoms with Gasteiger partial charge in [-0.2, -0.15) is 0 Å². The highest BCUT2D eigenvalue weighted by Gasteiger charge is 2.36. The first kappa shape index (κ1) is 15.5. The van der Waals surface area contributed by atoms with Crippen molar-refractivity contribution in [2.45, 2.75) is 53.1 Å². The number of allylic oxidation sites excluding steroid dienone is 4. The molecule has 0 amide bonds. The van der Waals surface area contributed by atoms with Gasteiger partial charge in [-0.15, -0.1) is 0 Å². The van der Waals surface area contributed by atoms with E-state index in [1.54, 1.807) is 0 Å². The summed E-state index contributed by atoms with van der Waals surface area (Å²) in [6.45, 7) is 9.14. The molecule has 2 nitrogen and oxygen atoms in total. The van der Waals surface area contributed by atoms with E-state index in [2.05, 4.69) is 63.0 Å². The van der Waals surface area contributed by atoms with Crippen molar-refractivity contribution in [2.75, 3.05) is 0 Å². The Labute approximate surface area is 123 Å². The lowest BCUT2D eigenvalue weighted by Crippen LogP contribution is -2.36. The Morgan fingerprint density at radius 1 is 1.00 bits per heavy atom. The van der Waals surface area contributed by atoms with Crippen molar-refractivity contribution in [2.24, 2.45) is 22.7 Å². The molecule has 0 aromatic carbocycles. The second-order valence-corrected chi connectivity index (χ2v) is 7.61. The van der Waals surface area contributed by atoms with Crippen LogP contribution in [-0.4, -0.2) is 11.4 Å². The van der Waals surface area contributed by atoms with Gasteiger partial charge in [-0.25, -0.2) is 4.89 Å². The van der Waals surface area contributed by atoms with Gasteiger partial charge in [0.05, 0.1) is 0 Å². The molecule has 2 aliphatic rings. The van der Waals surface area contributed by atoms with Crippen LogP contribution in [0.2, 0.25) is 0 Å². The summed E-state index contributed by atoms with van der Waals surface area (Å²) in [5.74, 6) is 0.785. The lowest BCUT2D eigenvalue weighted by atomic mass is 9.68. The minimum atomic E-state index is -0.225. The minimum Gasteiger partial charge on any atom is -0.251 e. The van der Waals surface area contributed by atoms with Gasteiger partial charge in [-0.3, -0.25) is 5.26 Å². The summed E-state index contributed by atoms with van der Waals surface area (Å²) in [5.41, 5.74) is 0.433. The Bertz CT molecular complexity index is 415. The molecule has 2 rings (SSSR count). The molecule has 0 saturated heterocycles. The topological polar surface area (TPSA) is 29.5 Å². The smallest absolute Gasteiger partial charge is 0.118 e. The number of hydrogen-bond donors (Lipinski definition) is 1. The van der Waals surface area contributed by atoms with Gasteiger partial charge in [-0.1, -0.05) is 64.2 Å². The van der Waals surface area contributed by atoms with E-state index >= 15 is 0 Å². The van der Waals surface area contributed by atoms with E-state index in [-0.39, 0.29) is 17.4 Å². The Balaban J connectivity index is 2.16. The predicted octanol–water partition coefficient (Wildman–Crippen LogP) is 5.00. The lowest BCUT2D eigenvalue weighted by molar-refractivity contribution is -0.280. The SMILES string of the molecule is CC1(C)CC=CCC1/C=C/C1C(OO)C=CCC1(C)C. The fourth-order valence-corrected chi connectivity index (χ4v) is 3.37. The van der Waals surface area contributed by atoms with E-state index in [0.717, 1.165) is 19.3 Å². The van der Waals surface area contributed by atoms with Crippen LogP contribution in [0.5, 0.6) is 0 Å². The van der Waals surface area contributed by atoms with Crippen molar-refractivity contribution in [1.29, 1.82) is 0 Å². The molecule has 0 heterocycles. The lowest BCUT2D eigenvalue weighted by Gasteiger charge is -2.39. The van der Waals surface area contributed by atoms with Gasteiger partial charge in [0, 0.05) is 5.92 Å². The van der Waals surface area contributed by atoms with Crippen LogP contribution in [0.25, 0.3) is 0 Å². The highest BCUT2D eigenvalue weighted by atomic mass is 17.1. The maximum Gasteiger partial charge on any atom is 0.118 e. The fraction of sp³-hybridized carbons (Fsp3) is 0.667. The van der Waals surface area contributed by atoms with Gasteiger partial charge in [0.1, 0.15) is 6.10 Å².